The molecule has 0 atom stereocenters. The van der Waals surface area contributed by atoms with E-state index < -0.39 is 45.7 Å². The molecule has 0 saturated carbocycles. The van der Waals surface area contributed by atoms with Gasteiger partial charge in [-0.15, -0.1) is 0 Å². The van der Waals surface area contributed by atoms with Crippen molar-refractivity contribution in [3.8, 4) is 0 Å². The molecule has 2 aromatic carbocycles. The molecule has 1 N–H and O–H groups in total. The van der Waals surface area contributed by atoms with Crippen LogP contribution in [-0.2, 0) is 14.8 Å². The normalized spacial score (nSPS) is 11.5. The van der Waals surface area contributed by atoms with Crippen LogP contribution in [0.3, 0.4) is 0 Å². The van der Waals surface area contributed by atoms with Crippen molar-refractivity contribution in [2.24, 2.45) is 0 Å². The summed E-state index contributed by atoms with van der Waals surface area (Å²) < 4.78 is 54.4. The van der Waals surface area contributed by atoms with Gasteiger partial charge in [-0.1, -0.05) is 31.5 Å². The molecule has 0 unspecified atom stereocenters. The summed E-state index contributed by atoms with van der Waals surface area (Å²) in [6.45, 7) is 5.01. The van der Waals surface area contributed by atoms with E-state index in [1.807, 2.05) is 0 Å². The van der Waals surface area contributed by atoms with Crippen molar-refractivity contribution in [3.05, 3.63) is 58.6 Å². The molecule has 0 bridgehead atoms. The van der Waals surface area contributed by atoms with Crippen LogP contribution in [0, 0.1) is 11.6 Å². The van der Waals surface area contributed by atoms with Crippen LogP contribution in [0.5, 0.6) is 0 Å². The Morgan fingerprint density at radius 2 is 1.59 bits per heavy atom. The molecular weight excluding hydrogens is 464 g/mol. The molecule has 11 heteroatoms. The van der Waals surface area contributed by atoms with Crippen molar-refractivity contribution < 1.29 is 26.8 Å². The summed E-state index contributed by atoms with van der Waals surface area (Å²) in [5.74, 6) is -3.34. The lowest BCUT2D eigenvalue weighted by Gasteiger charge is -2.22. The van der Waals surface area contributed by atoms with Crippen LogP contribution in [0.2, 0.25) is 5.02 Å². The first-order chi connectivity index (χ1) is 15.1. The number of sulfonamides is 1. The van der Waals surface area contributed by atoms with Crippen LogP contribution in [0.4, 0.5) is 14.5 Å². The predicted molar refractivity (Wildman–Crippen MR) is 118 cm³/mol. The third-order valence-electron chi connectivity index (χ3n) is 4.73. The second-order valence-corrected chi connectivity index (χ2v) is 9.01. The first-order valence-electron chi connectivity index (χ1n) is 9.89. The van der Waals surface area contributed by atoms with Gasteiger partial charge in [-0.2, -0.15) is 4.31 Å². The molecule has 2 aromatic rings. The van der Waals surface area contributed by atoms with Crippen molar-refractivity contribution in [1.29, 1.82) is 0 Å². The van der Waals surface area contributed by atoms with Gasteiger partial charge in [0.1, 0.15) is 28.8 Å². The zero-order chi connectivity index (χ0) is 24.1. The van der Waals surface area contributed by atoms with Crippen molar-refractivity contribution in [3.63, 3.8) is 0 Å². The molecule has 32 heavy (non-hydrogen) atoms. The number of nitrogens with zero attached hydrogens (tertiary/aromatic N) is 2. The Hall–Kier alpha value is -2.56. The maximum absolute atomic E-state index is 13.8. The zero-order valence-corrected chi connectivity index (χ0v) is 19.4. The number of para-hydroxylation sites is 1. The first kappa shape index (κ1) is 25.7. The number of rotatable bonds is 9. The third kappa shape index (κ3) is 5.62. The lowest BCUT2D eigenvalue weighted by molar-refractivity contribution is -0.116. The van der Waals surface area contributed by atoms with E-state index in [2.05, 4.69) is 5.32 Å². The molecule has 0 saturated heterocycles. The van der Waals surface area contributed by atoms with Crippen molar-refractivity contribution in [2.75, 3.05) is 31.5 Å². The number of nitrogens with one attached hydrogen (secondary N) is 1. The van der Waals surface area contributed by atoms with Crippen LogP contribution in [0.1, 0.15) is 31.1 Å². The number of likely N-dealkylation sites (N-methyl/N-ethyl adjacent to an activating group) is 1. The topological polar surface area (TPSA) is 86.8 Å². The number of carbonyl (C=O) groups excluding carboxylic acids is 2. The maximum atomic E-state index is 13.8. The maximum Gasteiger partial charge on any atom is 0.254 e. The van der Waals surface area contributed by atoms with E-state index in [-0.39, 0.29) is 35.1 Å². The van der Waals surface area contributed by atoms with Crippen LogP contribution < -0.4 is 5.32 Å². The predicted octanol–water partition coefficient (Wildman–Crippen LogP) is 3.75. The molecule has 0 aliphatic rings. The third-order valence-corrected chi connectivity index (χ3v) is 7.26. The molecule has 0 aliphatic heterocycles. The zero-order valence-electron chi connectivity index (χ0n) is 17.9. The van der Waals surface area contributed by atoms with E-state index in [9.17, 15) is 26.8 Å². The highest BCUT2D eigenvalue weighted by molar-refractivity contribution is 7.89. The van der Waals surface area contributed by atoms with Crippen molar-refractivity contribution >= 4 is 39.1 Å². The summed E-state index contributed by atoms with van der Waals surface area (Å²) in [6, 6.07) is 6.96. The summed E-state index contributed by atoms with van der Waals surface area (Å²) in [6.07, 6.45) is 0. The fraction of sp³-hybridized carbons (Fsp3) is 0.333. The SMILES string of the molecule is CCN(CC(=O)Nc1c(F)cccc1F)C(=O)c1ccc(Cl)c(S(=O)(=O)N(CC)CC)c1. The molecule has 7 nitrogen and oxygen atoms in total. The largest absolute Gasteiger partial charge is 0.330 e. The average molecular weight is 488 g/mol. The number of hydrogen-bond donors (Lipinski definition) is 1. The molecule has 0 heterocycles. The van der Waals surface area contributed by atoms with Gasteiger partial charge in [0.2, 0.25) is 15.9 Å². The highest BCUT2D eigenvalue weighted by Gasteiger charge is 2.27. The van der Waals surface area contributed by atoms with Crippen LogP contribution in [0.25, 0.3) is 0 Å². The number of hydrogen-bond acceptors (Lipinski definition) is 4. The van der Waals surface area contributed by atoms with E-state index in [1.165, 1.54) is 16.4 Å². The summed E-state index contributed by atoms with van der Waals surface area (Å²) in [5.41, 5.74) is -0.605. The molecule has 174 valence electrons. The minimum atomic E-state index is -3.93. The van der Waals surface area contributed by atoms with Gasteiger partial charge in [-0.05, 0) is 37.3 Å². The highest BCUT2D eigenvalue weighted by atomic mass is 35.5. The minimum absolute atomic E-state index is 0.00635. The molecule has 2 amide bonds. The van der Waals surface area contributed by atoms with Gasteiger partial charge in [0.05, 0.1) is 5.02 Å². The van der Waals surface area contributed by atoms with E-state index in [0.717, 1.165) is 29.2 Å². The van der Waals surface area contributed by atoms with E-state index in [1.54, 1.807) is 20.8 Å². The summed E-state index contributed by atoms with van der Waals surface area (Å²) in [5, 5.41) is 2.08. The quantitative estimate of drug-likeness (QED) is 0.583. The lowest BCUT2D eigenvalue weighted by Crippen LogP contribution is -2.38. The number of halogens is 3. The monoisotopic (exact) mass is 487 g/mol. The Labute approximate surface area is 191 Å². The van der Waals surface area contributed by atoms with Crippen molar-refractivity contribution in [2.45, 2.75) is 25.7 Å². The van der Waals surface area contributed by atoms with Gasteiger partial charge >= 0.3 is 0 Å². The van der Waals surface area contributed by atoms with Crippen LogP contribution in [0.15, 0.2) is 41.3 Å². The van der Waals surface area contributed by atoms with Gasteiger partial charge in [0.25, 0.3) is 5.91 Å². The minimum Gasteiger partial charge on any atom is -0.330 e. The smallest absolute Gasteiger partial charge is 0.254 e. The van der Waals surface area contributed by atoms with Gasteiger partial charge in [-0.3, -0.25) is 9.59 Å². The van der Waals surface area contributed by atoms with Gasteiger partial charge in [-0.25, -0.2) is 17.2 Å². The number of anilines is 1. The van der Waals surface area contributed by atoms with Gasteiger partial charge < -0.3 is 10.2 Å². The van der Waals surface area contributed by atoms with Crippen LogP contribution in [-0.4, -0.2) is 55.6 Å². The lowest BCUT2D eigenvalue weighted by atomic mass is 10.2. The summed E-state index contributed by atoms with van der Waals surface area (Å²) >= 11 is 6.10. The molecule has 0 aromatic heterocycles. The first-order valence-corrected chi connectivity index (χ1v) is 11.7. The van der Waals surface area contributed by atoms with E-state index >= 15 is 0 Å². The highest BCUT2D eigenvalue weighted by Crippen LogP contribution is 2.26. The Kier molecular flexibility index (Phi) is 8.71. The number of amides is 2. The van der Waals surface area contributed by atoms with E-state index in [0.29, 0.717) is 0 Å². The fourth-order valence-electron chi connectivity index (χ4n) is 3.02. The molecule has 0 fully saturated rings. The standard InChI is InChI=1S/C21H24ClF2N3O4S/c1-4-26(13-19(28)25-20-16(23)8-7-9-17(20)24)21(29)14-10-11-15(22)18(12-14)32(30,31)27(5-2)6-3/h7-12H,4-6,13H2,1-3H3,(H,25,28). The van der Waals surface area contributed by atoms with Gasteiger partial charge in [0, 0.05) is 25.2 Å². The molecule has 0 aliphatic carbocycles. The van der Waals surface area contributed by atoms with Gasteiger partial charge in [0.15, 0.2) is 0 Å². The average Bonchev–Trinajstić information content (AvgIpc) is 2.75. The molecule has 0 spiro atoms. The number of carbonyl (C=O) groups is 2. The molecular formula is C21H24ClF2N3O4S. The second-order valence-electron chi connectivity index (χ2n) is 6.70. The van der Waals surface area contributed by atoms with Crippen LogP contribution >= 0.6 is 11.6 Å². The molecule has 0 radical (unpaired) electrons. The van der Waals surface area contributed by atoms with E-state index in [4.69, 9.17) is 11.6 Å². The summed E-state index contributed by atoms with van der Waals surface area (Å²) in [7, 11) is -3.93. The Bertz CT molecular complexity index is 1090. The second kappa shape index (κ2) is 10.8. The Morgan fingerprint density at radius 3 is 2.12 bits per heavy atom. The van der Waals surface area contributed by atoms with Crippen molar-refractivity contribution in [1.82, 2.24) is 9.21 Å². The Balaban J connectivity index is 2.28. The summed E-state index contributed by atoms with van der Waals surface area (Å²) in [4.78, 5) is 26.1. The molecule has 2 rings (SSSR count). The Morgan fingerprint density at radius 1 is 1.00 bits per heavy atom. The number of benzene rings is 2. The fourth-order valence-corrected chi connectivity index (χ4v) is 4.97.